The van der Waals surface area contributed by atoms with Gasteiger partial charge in [-0.05, 0) is 52.0 Å². The molecule has 2 aromatic carbocycles. The summed E-state index contributed by atoms with van der Waals surface area (Å²) in [6.07, 6.45) is 0. The SMILES string of the molecule is CCOC(=O)c1cc(S(=O)(=O)c2cc(C(=O)OCC)c(O)cc2C(=O)OCC)c(C(=O)OCC)cc1O. The number of hydrogen-bond acceptors (Lipinski definition) is 12. The third-order valence-electron chi connectivity index (χ3n) is 4.76. The van der Waals surface area contributed by atoms with E-state index in [0.717, 1.165) is 0 Å². The molecule has 2 rings (SSSR count). The average molecular weight is 539 g/mol. The first-order chi connectivity index (χ1) is 17.4. The van der Waals surface area contributed by atoms with E-state index in [1.165, 1.54) is 27.7 Å². The largest absolute Gasteiger partial charge is 0.507 e. The first-order valence-corrected chi connectivity index (χ1v) is 12.6. The highest BCUT2D eigenvalue weighted by Crippen LogP contribution is 2.35. The van der Waals surface area contributed by atoms with Crippen molar-refractivity contribution >= 4 is 33.7 Å². The Bertz CT molecular complexity index is 1230. The van der Waals surface area contributed by atoms with Crippen LogP contribution in [0.4, 0.5) is 0 Å². The van der Waals surface area contributed by atoms with Gasteiger partial charge in [0, 0.05) is 0 Å². The lowest BCUT2D eigenvalue weighted by atomic mass is 10.1. The van der Waals surface area contributed by atoms with Gasteiger partial charge in [-0.1, -0.05) is 0 Å². The second kappa shape index (κ2) is 12.2. The second-order valence-corrected chi connectivity index (χ2v) is 9.00. The summed E-state index contributed by atoms with van der Waals surface area (Å²) in [5.41, 5.74) is -2.49. The summed E-state index contributed by atoms with van der Waals surface area (Å²) in [6, 6.07) is 2.82. The predicted molar refractivity (Wildman–Crippen MR) is 125 cm³/mol. The van der Waals surface area contributed by atoms with Gasteiger partial charge in [-0.3, -0.25) is 0 Å². The molecule has 0 bridgehead atoms. The fraction of sp³-hybridized carbons (Fsp3) is 0.333. The molecule has 0 heterocycles. The zero-order chi connectivity index (χ0) is 27.9. The summed E-state index contributed by atoms with van der Waals surface area (Å²) in [6.45, 7) is 5.38. The topological polar surface area (TPSA) is 180 Å². The Morgan fingerprint density at radius 2 is 0.838 bits per heavy atom. The maximum absolute atomic E-state index is 13.9. The fourth-order valence-electron chi connectivity index (χ4n) is 3.18. The van der Waals surface area contributed by atoms with Crippen molar-refractivity contribution in [1.82, 2.24) is 0 Å². The zero-order valence-corrected chi connectivity index (χ0v) is 21.3. The van der Waals surface area contributed by atoms with Crippen LogP contribution in [0.2, 0.25) is 0 Å². The van der Waals surface area contributed by atoms with Crippen molar-refractivity contribution in [2.75, 3.05) is 26.4 Å². The van der Waals surface area contributed by atoms with Gasteiger partial charge in [-0.25, -0.2) is 27.6 Å². The number of esters is 4. The lowest BCUT2D eigenvalue weighted by Crippen LogP contribution is -2.18. The number of aromatic hydroxyl groups is 2. The normalized spacial score (nSPS) is 10.9. The van der Waals surface area contributed by atoms with Crippen molar-refractivity contribution in [1.29, 1.82) is 0 Å². The Hall–Kier alpha value is -4.13. The Morgan fingerprint density at radius 3 is 1.11 bits per heavy atom. The molecule has 12 nitrogen and oxygen atoms in total. The summed E-state index contributed by atoms with van der Waals surface area (Å²) >= 11 is 0. The number of carbonyl (C=O) groups excluding carboxylic acids is 4. The summed E-state index contributed by atoms with van der Waals surface area (Å²) < 4.78 is 47.3. The van der Waals surface area contributed by atoms with Crippen LogP contribution in [0.25, 0.3) is 0 Å². The van der Waals surface area contributed by atoms with Crippen LogP contribution in [0, 0.1) is 0 Å². The van der Waals surface area contributed by atoms with Crippen molar-refractivity contribution in [3.63, 3.8) is 0 Å². The lowest BCUT2D eigenvalue weighted by Gasteiger charge is -2.16. The van der Waals surface area contributed by atoms with Crippen molar-refractivity contribution in [3.8, 4) is 11.5 Å². The lowest BCUT2D eigenvalue weighted by molar-refractivity contribution is 0.0503. The number of rotatable bonds is 10. The standard InChI is InChI=1S/C24H26O12S/c1-5-33-21(27)13-11-19(15(9-17(13)25)23(29)35-7-3)37(31,32)20-12-14(22(28)34-6-2)18(26)10-16(20)24(30)36-8-4/h9-12,25-26H,5-8H2,1-4H3. The zero-order valence-electron chi connectivity index (χ0n) is 20.5. The van der Waals surface area contributed by atoms with Gasteiger partial charge in [0.05, 0.1) is 47.3 Å². The molecule has 0 atom stereocenters. The van der Waals surface area contributed by atoms with Gasteiger partial charge in [0.25, 0.3) is 0 Å². The molecule has 0 spiro atoms. The quantitative estimate of drug-likeness (QED) is 0.334. The van der Waals surface area contributed by atoms with Crippen LogP contribution in [0.15, 0.2) is 34.1 Å². The molecule has 0 aliphatic carbocycles. The second-order valence-electron chi connectivity index (χ2n) is 7.12. The van der Waals surface area contributed by atoms with Crippen LogP contribution in [-0.4, -0.2) is 68.9 Å². The van der Waals surface area contributed by atoms with E-state index in [4.69, 9.17) is 18.9 Å². The van der Waals surface area contributed by atoms with Crippen molar-refractivity contribution in [3.05, 3.63) is 46.5 Å². The van der Waals surface area contributed by atoms with Crippen molar-refractivity contribution in [2.24, 2.45) is 0 Å². The van der Waals surface area contributed by atoms with E-state index in [1.54, 1.807) is 0 Å². The Labute approximate surface area is 212 Å². The number of sulfone groups is 1. The van der Waals surface area contributed by atoms with Crippen LogP contribution < -0.4 is 0 Å². The first kappa shape index (κ1) is 29.1. The number of phenols is 2. The molecule has 0 saturated heterocycles. The van der Waals surface area contributed by atoms with Crippen LogP contribution in [0.5, 0.6) is 11.5 Å². The summed E-state index contributed by atoms with van der Waals surface area (Å²) in [5, 5.41) is 20.6. The Kier molecular flexibility index (Phi) is 9.61. The minimum absolute atomic E-state index is 0.103. The molecule has 0 saturated carbocycles. The van der Waals surface area contributed by atoms with E-state index in [2.05, 4.69) is 0 Å². The molecule has 13 heteroatoms. The van der Waals surface area contributed by atoms with Crippen LogP contribution in [0.1, 0.15) is 69.1 Å². The molecule has 0 radical (unpaired) electrons. The molecular formula is C24H26O12S. The van der Waals surface area contributed by atoms with E-state index in [-0.39, 0.29) is 26.4 Å². The van der Waals surface area contributed by atoms with E-state index in [9.17, 15) is 37.8 Å². The van der Waals surface area contributed by atoms with Gasteiger partial charge in [0.2, 0.25) is 9.84 Å². The molecule has 0 aliphatic heterocycles. The summed E-state index contributed by atoms with van der Waals surface area (Å²) in [7, 11) is -4.94. The Morgan fingerprint density at radius 1 is 0.568 bits per heavy atom. The van der Waals surface area contributed by atoms with Gasteiger partial charge in [-0.15, -0.1) is 0 Å². The minimum atomic E-state index is -4.94. The average Bonchev–Trinajstić information content (AvgIpc) is 2.83. The molecule has 0 unspecified atom stereocenters. The molecular weight excluding hydrogens is 512 g/mol. The number of ether oxygens (including phenoxy) is 4. The third-order valence-corrected chi connectivity index (χ3v) is 6.59. The third kappa shape index (κ3) is 6.17. The molecule has 37 heavy (non-hydrogen) atoms. The minimum Gasteiger partial charge on any atom is -0.507 e. The molecule has 2 N–H and O–H groups in total. The van der Waals surface area contributed by atoms with Gasteiger partial charge in [-0.2, -0.15) is 0 Å². The molecule has 0 fully saturated rings. The van der Waals surface area contributed by atoms with Crippen LogP contribution >= 0.6 is 0 Å². The van der Waals surface area contributed by atoms with E-state index >= 15 is 0 Å². The smallest absolute Gasteiger partial charge is 0.341 e. The molecule has 2 aromatic rings. The number of phenolic OH excluding ortho intramolecular Hbond substituents is 2. The maximum atomic E-state index is 13.9. The highest BCUT2D eigenvalue weighted by Gasteiger charge is 2.34. The number of benzene rings is 2. The molecule has 200 valence electrons. The first-order valence-electron chi connectivity index (χ1n) is 11.1. The Balaban J connectivity index is 2.97. The molecule has 0 aliphatic rings. The number of carbonyl (C=O) groups is 4. The fourth-order valence-corrected chi connectivity index (χ4v) is 4.83. The highest BCUT2D eigenvalue weighted by molar-refractivity contribution is 7.91. The predicted octanol–water partition coefficient (Wildman–Crippen LogP) is 2.64. The van der Waals surface area contributed by atoms with Crippen LogP contribution in [0.3, 0.4) is 0 Å². The van der Waals surface area contributed by atoms with E-state index in [1.807, 2.05) is 0 Å². The monoisotopic (exact) mass is 538 g/mol. The van der Waals surface area contributed by atoms with Gasteiger partial charge >= 0.3 is 23.9 Å². The number of hydrogen-bond donors (Lipinski definition) is 2. The van der Waals surface area contributed by atoms with Gasteiger partial charge < -0.3 is 29.2 Å². The van der Waals surface area contributed by atoms with Crippen molar-refractivity contribution in [2.45, 2.75) is 37.5 Å². The van der Waals surface area contributed by atoms with Gasteiger partial charge in [0.1, 0.15) is 22.6 Å². The van der Waals surface area contributed by atoms with E-state index in [0.29, 0.717) is 24.3 Å². The van der Waals surface area contributed by atoms with Crippen LogP contribution in [-0.2, 0) is 28.8 Å². The molecule has 0 aromatic heterocycles. The maximum Gasteiger partial charge on any atom is 0.341 e. The van der Waals surface area contributed by atoms with E-state index < -0.39 is 77.3 Å². The molecule has 0 amide bonds. The van der Waals surface area contributed by atoms with Crippen molar-refractivity contribution < 1.29 is 56.8 Å². The highest BCUT2D eigenvalue weighted by atomic mass is 32.2. The summed E-state index contributed by atoms with van der Waals surface area (Å²) in [5.74, 6) is -6.01. The summed E-state index contributed by atoms with van der Waals surface area (Å²) in [4.78, 5) is 48.3. The van der Waals surface area contributed by atoms with Gasteiger partial charge in [0.15, 0.2) is 0 Å².